The fraction of sp³-hybridized carbons (Fsp3) is 0.444. The van der Waals surface area contributed by atoms with Crippen LogP contribution in [0.2, 0.25) is 0 Å². The van der Waals surface area contributed by atoms with Crippen molar-refractivity contribution in [3.05, 3.63) is 48.8 Å². The van der Waals surface area contributed by atoms with Crippen LogP contribution in [0, 0.1) is 0 Å². The van der Waals surface area contributed by atoms with Crippen LogP contribution in [0.1, 0.15) is 12.8 Å². The summed E-state index contributed by atoms with van der Waals surface area (Å²) in [7, 11) is 0. The van der Waals surface area contributed by atoms with Crippen molar-refractivity contribution in [3.8, 4) is 5.75 Å². The molecule has 6 nitrogen and oxygen atoms in total. The monoisotopic (exact) mass is 328 g/mol. The first-order valence-corrected chi connectivity index (χ1v) is 8.47. The molecule has 3 rings (SSSR count). The standard InChI is InChI=1S/C18H24N4O2/c23-18(19-10-13-24-17-7-2-1-3-8-17)15-21-11-4-6-16(21)14-22-12-5-9-20-22/h1-3,5,7-9,12,16H,4,6,10-11,13-15H2,(H,19,23)/t16-/m1/s1. The molecule has 0 spiro atoms. The van der Waals surface area contributed by atoms with Crippen molar-refractivity contribution in [2.75, 3.05) is 26.2 Å². The van der Waals surface area contributed by atoms with Crippen molar-refractivity contribution >= 4 is 5.91 Å². The Hall–Kier alpha value is -2.34. The summed E-state index contributed by atoms with van der Waals surface area (Å²) >= 11 is 0. The Morgan fingerprint density at radius 1 is 1.29 bits per heavy atom. The van der Waals surface area contributed by atoms with Crippen LogP contribution in [0.3, 0.4) is 0 Å². The summed E-state index contributed by atoms with van der Waals surface area (Å²) in [6, 6.07) is 11.9. The molecule has 2 heterocycles. The maximum atomic E-state index is 12.1. The van der Waals surface area contributed by atoms with Crippen molar-refractivity contribution in [1.29, 1.82) is 0 Å². The van der Waals surface area contributed by atoms with Crippen LogP contribution >= 0.6 is 0 Å². The van der Waals surface area contributed by atoms with Gasteiger partial charge in [0.1, 0.15) is 12.4 Å². The molecule has 1 aliphatic rings. The number of rotatable bonds is 8. The zero-order valence-electron chi connectivity index (χ0n) is 13.8. The summed E-state index contributed by atoms with van der Waals surface area (Å²) in [5.74, 6) is 0.879. The van der Waals surface area contributed by atoms with Gasteiger partial charge < -0.3 is 10.1 Å². The van der Waals surface area contributed by atoms with Crippen molar-refractivity contribution in [2.24, 2.45) is 0 Å². The second-order valence-corrected chi connectivity index (χ2v) is 6.01. The molecular weight excluding hydrogens is 304 g/mol. The second-order valence-electron chi connectivity index (χ2n) is 6.01. The maximum absolute atomic E-state index is 12.1. The summed E-state index contributed by atoms with van der Waals surface area (Å²) in [6.07, 6.45) is 6.01. The van der Waals surface area contributed by atoms with E-state index in [1.54, 1.807) is 6.20 Å². The zero-order chi connectivity index (χ0) is 16.6. The number of nitrogens with zero attached hydrogens (tertiary/aromatic N) is 3. The SMILES string of the molecule is O=C(CN1CCC[C@@H]1Cn1cccn1)NCCOc1ccccc1. The smallest absolute Gasteiger partial charge is 0.234 e. The Kier molecular flexibility index (Phi) is 5.85. The maximum Gasteiger partial charge on any atom is 0.234 e. The third-order valence-electron chi connectivity index (χ3n) is 4.24. The zero-order valence-corrected chi connectivity index (χ0v) is 13.8. The largest absolute Gasteiger partial charge is 0.492 e. The van der Waals surface area contributed by atoms with Gasteiger partial charge in [-0.15, -0.1) is 0 Å². The molecule has 1 amide bonds. The highest BCUT2D eigenvalue weighted by Crippen LogP contribution is 2.18. The van der Waals surface area contributed by atoms with Gasteiger partial charge in [-0.1, -0.05) is 18.2 Å². The number of nitrogens with one attached hydrogen (secondary N) is 1. The van der Waals surface area contributed by atoms with Crippen LogP contribution in [0.5, 0.6) is 5.75 Å². The van der Waals surface area contributed by atoms with E-state index < -0.39 is 0 Å². The first-order valence-electron chi connectivity index (χ1n) is 8.47. The predicted octanol–water partition coefficient (Wildman–Crippen LogP) is 1.54. The van der Waals surface area contributed by atoms with E-state index in [-0.39, 0.29) is 5.91 Å². The molecule has 0 unspecified atom stereocenters. The molecule has 1 aromatic heterocycles. The lowest BCUT2D eigenvalue weighted by Crippen LogP contribution is -2.42. The fourth-order valence-electron chi connectivity index (χ4n) is 3.05. The predicted molar refractivity (Wildman–Crippen MR) is 91.8 cm³/mol. The fourth-order valence-corrected chi connectivity index (χ4v) is 3.05. The normalized spacial score (nSPS) is 17.8. The molecule has 24 heavy (non-hydrogen) atoms. The van der Waals surface area contributed by atoms with Gasteiger partial charge in [0, 0.05) is 18.4 Å². The average molecular weight is 328 g/mol. The Balaban J connectivity index is 1.36. The number of aromatic nitrogens is 2. The van der Waals surface area contributed by atoms with E-state index in [4.69, 9.17) is 4.74 Å². The van der Waals surface area contributed by atoms with Gasteiger partial charge in [-0.2, -0.15) is 5.10 Å². The Morgan fingerprint density at radius 3 is 2.96 bits per heavy atom. The highest BCUT2D eigenvalue weighted by molar-refractivity contribution is 5.78. The molecule has 1 N–H and O–H groups in total. The van der Waals surface area contributed by atoms with Gasteiger partial charge >= 0.3 is 0 Å². The number of carbonyl (C=O) groups is 1. The van der Waals surface area contributed by atoms with E-state index in [0.717, 1.165) is 31.7 Å². The number of carbonyl (C=O) groups excluding carboxylic acids is 1. The Labute approximate surface area is 142 Å². The number of amides is 1. The van der Waals surface area contributed by atoms with Crippen LogP contribution < -0.4 is 10.1 Å². The summed E-state index contributed by atoms with van der Waals surface area (Å²) in [5, 5.41) is 7.19. The highest BCUT2D eigenvalue weighted by atomic mass is 16.5. The topological polar surface area (TPSA) is 59.4 Å². The minimum atomic E-state index is 0.0547. The van der Waals surface area contributed by atoms with E-state index in [1.165, 1.54) is 0 Å². The number of ether oxygens (including phenoxy) is 1. The molecule has 6 heteroatoms. The molecule has 1 aromatic carbocycles. The van der Waals surface area contributed by atoms with Crippen LogP contribution in [0.15, 0.2) is 48.8 Å². The molecule has 1 saturated heterocycles. The summed E-state index contributed by atoms with van der Waals surface area (Å²) in [4.78, 5) is 14.4. The van der Waals surface area contributed by atoms with Gasteiger partial charge in [0.2, 0.25) is 5.91 Å². The number of benzene rings is 1. The molecule has 1 fully saturated rings. The second kappa shape index (κ2) is 8.49. The molecule has 1 atom stereocenters. The third-order valence-corrected chi connectivity index (χ3v) is 4.24. The van der Waals surface area contributed by atoms with Crippen molar-refractivity contribution in [1.82, 2.24) is 20.0 Å². The number of hydrogen-bond donors (Lipinski definition) is 1. The van der Waals surface area contributed by atoms with E-state index in [2.05, 4.69) is 15.3 Å². The number of hydrogen-bond acceptors (Lipinski definition) is 4. The Bertz CT molecular complexity index is 615. The van der Waals surface area contributed by atoms with Gasteiger partial charge in [-0.05, 0) is 37.6 Å². The van der Waals surface area contributed by atoms with E-state index >= 15 is 0 Å². The van der Waals surface area contributed by atoms with Crippen molar-refractivity contribution in [2.45, 2.75) is 25.4 Å². The molecule has 0 bridgehead atoms. The van der Waals surface area contributed by atoms with Crippen LogP contribution in [0.25, 0.3) is 0 Å². The number of likely N-dealkylation sites (tertiary alicyclic amines) is 1. The van der Waals surface area contributed by atoms with Gasteiger partial charge in [-0.25, -0.2) is 0 Å². The van der Waals surface area contributed by atoms with Gasteiger partial charge in [0.25, 0.3) is 0 Å². The van der Waals surface area contributed by atoms with Gasteiger partial charge in [-0.3, -0.25) is 14.4 Å². The third kappa shape index (κ3) is 4.83. The summed E-state index contributed by atoms with van der Waals surface area (Å²) in [5.41, 5.74) is 0. The van der Waals surface area contributed by atoms with E-state index in [0.29, 0.717) is 25.7 Å². The molecule has 2 aromatic rings. The first-order chi connectivity index (χ1) is 11.8. The van der Waals surface area contributed by atoms with E-state index in [1.807, 2.05) is 47.3 Å². The van der Waals surface area contributed by atoms with E-state index in [9.17, 15) is 4.79 Å². The number of para-hydroxylation sites is 1. The van der Waals surface area contributed by atoms with Crippen molar-refractivity contribution in [3.63, 3.8) is 0 Å². The molecule has 0 radical (unpaired) electrons. The van der Waals surface area contributed by atoms with Crippen LogP contribution in [-0.4, -0.2) is 52.9 Å². The molecule has 1 aliphatic heterocycles. The quantitative estimate of drug-likeness (QED) is 0.747. The van der Waals surface area contributed by atoms with Gasteiger partial charge in [0.15, 0.2) is 0 Å². The lowest BCUT2D eigenvalue weighted by molar-refractivity contribution is -0.122. The Morgan fingerprint density at radius 2 is 2.17 bits per heavy atom. The molecule has 0 saturated carbocycles. The molecular formula is C18H24N4O2. The molecule has 128 valence electrons. The average Bonchev–Trinajstić information content (AvgIpc) is 3.26. The minimum Gasteiger partial charge on any atom is -0.492 e. The summed E-state index contributed by atoms with van der Waals surface area (Å²) < 4.78 is 7.52. The lowest BCUT2D eigenvalue weighted by Gasteiger charge is -2.23. The van der Waals surface area contributed by atoms with Crippen molar-refractivity contribution < 1.29 is 9.53 Å². The highest BCUT2D eigenvalue weighted by Gasteiger charge is 2.26. The summed E-state index contributed by atoms with van der Waals surface area (Å²) in [6.45, 7) is 3.26. The minimum absolute atomic E-state index is 0.0547. The lowest BCUT2D eigenvalue weighted by atomic mass is 10.2. The first kappa shape index (κ1) is 16.5. The molecule has 0 aliphatic carbocycles. The van der Waals surface area contributed by atoms with Crippen LogP contribution in [0.4, 0.5) is 0 Å². The van der Waals surface area contributed by atoms with Crippen LogP contribution in [-0.2, 0) is 11.3 Å². The van der Waals surface area contributed by atoms with Gasteiger partial charge in [0.05, 0.1) is 19.6 Å².